The van der Waals surface area contributed by atoms with Crippen LogP contribution in [0.25, 0.3) is 11.1 Å². The molecule has 7 heteroatoms. The number of oxazole rings is 1. The molecule has 1 saturated heterocycles. The Morgan fingerprint density at radius 3 is 2.92 bits per heavy atom. The molecule has 1 atom stereocenters. The Labute approximate surface area is 151 Å². The lowest BCUT2D eigenvalue weighted by atomic mass is 10.2. The van der Waals surface area contributed by atoms with Crippen LogP contribution in [0.1, 0.15) is 12.6 Å². The number of methoxy groups -OCH3 is 1. The number of benzene rings is 1. The summed E-state index contributed by atoms with van der Waals surface area (Å²) in [5.41, 5.74) is 2.15. The molecule has 1 aromatic carbocycles. The maximum Gasteiger partial charge on any atom is 0.298 e. The van der Waals surface area contributed by atoms with Crippen LogP contribution in [-0.2, 0) is 6.54 Å². The molecule has 3 aromatic rings. The summed E-state index contributed by atoms with van der Waals surface area (Å²) in [6, 6.07) is 11.1. The zero-order valence-electron chi connectivity index (χ0n) is 14.9. The van der Waals surface area contributed by atoms with Crippen molar-refractivity contribution in [2.24, 2.45) is 0 Å². The predicted molar refractivity (Wildman–Crippen MR) is 96.8 cm³/mol. The largest absolute Gasteiger partial charge is 0.481 e. The smallest absolute Gasteiger partial charge is 0.298 e. The third-order valence-corrected chi connectivity index (χ3v) is 4.73. The number of hydrogen-bond donors (Lipinski definition) is 0. The fraction of sp³-hybridized carbons (Fsp3) is 0.368. The summed E-state index contributed by atoms with van der Waals surface area (Å²) in [6.45, 7) is 5.40. The van der Waals surface area contributed by atoms with Crippen LogP contribution in [0.5, 0.6) is 5.88 Å². The maximum atomic E-state index is 13.3. The highest BCUT2D eigenvalue weighted by molar-refractivity contribution is 5.74. The molecule has 0 bridgehead atoms. The Bertz CT molecular complexity index is 913. The quantitative estimate of drug-likeness (QED) is 0.716. The number of halogens is 1. The molecule has 3 heterocycles. The van der Waals surface area contributed by atoms with Crippen LogP contribution in [0, 0.1) is 5.82 Å². The van der Waals surface area contributed by atoms with Gasteiger partial charge in [-0.25, -0.2) is 9.37 Å². The van der Waals surface area contributed by atoms with Crippen molar-refractivity contribution in [1.82, 2.24) is 14.9 Å². The van der Waals surface area contributed by atoms with E-state index in [9.17, 15) is 4.39 Å². The minimum absolute atomic E-state index is 0.309. The first kappa shape index (κ1) is 16.8. The van der Waals surface area contributed by atoms with Crippen molar-refractivity contribution < 1.29 is 13.5 Å². The molecule has 1 fully saturated rings. The van der Waals surface area contributed by atoms with E-state index >= 15 is 0 Å². The number of fused-ring (bicyclic) bond motifs is 1. The van der Waals surface area contributed by atoms with Gasteiger partial charge in [-0.15, -0.1) is 0 Å². The molecular formula is C19H21FN4O2. The van der Waals surface area contributed by atoms with E-state index in [1.54, 1.807) is 13.2 Å². The second kappa shape index (κ2) is 6.92. The lowest BCUT2D eigenvalue weighted by molar-refractivity contribution is 0.175. The topological polar surface area (TPSA) is 54.6 Å². The van der Waals surface area contributed by atoms with Gasteiger partial charge in [-0.1, -0.05) is 6.07 Å². The number of anilines is 1. The highest BCUT2D eigenvalue weighted by atomic mass is 19.1. The van der Waals surface area contributed by atoms with Crippen molar-refractivity contribution in [3.63, 3.8) is 0 Å². The van der Waals surface area contributed by atoms with Gasteiger partial charge in [-0.05, 0) is 25.1 Å². The molecule has 136 valence electrons. The van der Waals surface area contributed by atoms with Crippen molar-refractivity contribution in [2.45, 2.75) is 19.5 Å². The summed E-state index contributed by atoms with van der Waals surface area (Å²) in [7, 11) is 1.62. The second-order valence-corrected chi connectivity index (χ2v) is 6.55. The summed E-state index contributed by atoms with van der Waals surface area (Å²) < 4.78 is 24.3. The molecule has 6 nitrogen and oxygen atoms in total. The summed E-state index contributed by atoms with van der Waals surface area (Å²) in [5.74, 6) is 0.316. The van der Waals surface area contributed by atoms with E-state index in [2.05, 4.69) is 26.7 Å². The van der Waals surface area contributed by atoms with E-state index in [4.69, 9.17) is 9.15 Å². The van der Waals surface area contributed by atoms with Crippen LogP contribution in [0.15, 0.2) is 40.8 Å². The Hall–Kier alpha value is -2.67. The van der Waals surface area contributed by atoms with Crippen LogP contribution in [0.4, 0.5) is 10.4 Å². The van der Waals surface area contributed by atoms with Gasteiger partial charge in [-0.2, -0.15) is 4.98 Å². The van der Waals surface area contributed by atoms with Crippen molar-refractivity contribution in [3.05, 3.63) is 47.9 Å². The van der Waals surface area contributed by atoms with Crippen molar-refractivity contribution in [2.75, 3.05) is 31.6 Å². The van der Waals surface area contributed by atoms with E-state index < -0.39 is 0 Å². The molecule has 0 radical (unpaired) electrons. The fourth-order valence-corrected chi connectivity index (χ4v) is 3.29. The van der Waals surface area contributed by atoms with Gasteiger partial charge in [0.25, 0.3) is 6.01 Å². The first-order valence-corrected chi connectivity index (χ1v) is 8.67. The molecule has 26 heavy (non-hydrogen) atoms. The first-order valence-electron chi connectivity index (χ1n) is 8.67. The van der Waals surface area contributed by atoms with Gasteiger partial charge < -0.3 is 14.1 Å². The van der Waals surface area contributed by atoms with E-state index in [1.165, 1.54) is 12.1 Å². The van der Waals surface area contributed by atoms with Crippen LogP contribution in [0.2, 0.25) is 0 Å². The fourth-order valence-electron chi connectivity index (χ4n) is 3.29. The minimum atomic E-state index is -0.316. The molecule has 0 saturated carbocycles. The van der Waals surface area contributed by atoms with Gasteiger partial charge in [0.1, 0.15) is 11.3 Å². The van der Waals surface area contributed by atoms with Crippen LogP contribution >= 0.6 is 0 Å². The van der Waals surface area contributed by atoms with Crippen molar-refractivity contribution in [3.8, 4) is 5.88 Å². The van der Waals surface area contributed by atoms with Gasteiger partial charge >= 0.3 is 0 Å². The molecular weight excluding hydrogens is 335 g/mol. The lowest BCUT2D eigenvalue weighted by Crippen LogP contribution is -2.51. The van der Waals surface area contributed by atoms with E-state index in [0.29, 0.717) is 29.0 Å². The van der Waals surface area contributed by atoms with E-state index in [0.717, 1.165) is 31.9 Å². The summed E-state index contributed by atoms with van der Waals surface area (Å²) in [5, 5.41) is 0. The molecule has 0 spiro atoms. The van der Waals surface area contributed by atoms with E-state index in [-0.39, 0.29) is 5.82 Å². The number of nitrogens with zero attached hydrogens (tertiary/aromatic N) is 4. The number of piperazine rings is 1. The Morgan fingerprint density at radius 2 is 2.12 bits per heavy atom. The number of rotatable bonds is 4. The Kier molecular flexibility index (Phi) is 4.46. The monoisotopic (exact) mass is 356 g/mol. The second-order valence-electron chi connectivity index (χ2n) is 6.55. The molecule has 1 unspecified atom stereocenters. The van der Waals surface area contributed by atoms with Gasteiger partial charge in [0.15, 0.2) is 5.58 Å². The van der Waals surface area contributed by atoms with Crippen molar-refractivity contribution in [1.29, 1.82) is 0 Å². The number of aromatic nitrogens is 2. The zero-order chi connectivity index (χ0) is 18.1. The molecule has 0 aliphatic carbocycles. The summed E-state index contributed by atoms with van der Waals surface area (Å²) in [4.78, 5) is 13.5. The van der Waals surface area contributed by atoms with Gasteiger partial charge in [0.2, 0.25) is 5.88 Å². The molecule has 4 rings (SSSR count). The highest BCUT2D eigenvalue weighted by Gasteiger charge is 2.27. The highest BCUT2D eigenvalue weighted by Crippen LogP contribution is 2.25. The van der Waals surface area contributed by atoms with Crippen LogP contribution in [0.3, 0.4) is 0 Å². The van der Waals surface area contributed by atoms with Gasteiger partial charge in [0, 0.05) is 44.4 Å². The summed E-state index contributed by atoms with van der Waals surface area (Å²) in [6.07, 6.45) is 0. The van der Waals surface area contributed by atoms with Gasteiger partial charge in [-0.3, -0.25) is 4.90 Å². The Balaban J connectivity index is 1.45. The normalized spacial score (nSPS) is 18.4. The SMILES string of the molecule is COc1cccc(CN2CCN(c3nc4ccc(F)cc4o3)CC2C)n1. The average molecular weight is 356 g/mol. The molecule has 0 N–H and O–H groups in total. The zero-order valence-corrected chi connectivity index (χ0v) is 14.9. The summed E-state index contributed by atoms with van der Waals surface area (Å²) >= 11 is 0. The number of hydrogen-bond acceptors (Lipinski definition) is 6. The molecule has 1 aliphatic rings. The number of ether oxygens (including phenoxy) is 1. The predicted octanol–water partition coefficient (Wildman–Crippen LogP) is 3.08. The average Bonchev–Trinajstić information content (AvgIpc) is 3.06. The Morgan fingerprint density at radius 1 is 1.23 bits per heavy atom. The standard InChI is InChI=1S/C19H21FN4O2/c1-13-11-24(19-22-16-7-6-14(20)10-17(16)26-19)9-8-23(13)12-15-4-3-5-18(21-15)25-2/h3-7,10,13H,8-9,11-12H2,1-2H3. The van der Waals surface area contributed by atoms with E-state index in [1.807, 2.05) is 18.2 Å². The van der Waals surface area contributed by atoms with Crippen LogP contribution < -0.4 is 9.64 Å². The minimum Gasteiger partial charge on any atom is -0.481 e. The molecule has 0 amide bonds. The first-order chi connectivity index (χ1) is 12.6. The number of pyridine rings is 1. The van der Waals surface area contributed by atoms with Crippen molar-refractivity contribution >= 4 is 17.1 Å². The maximum absolute atomic E-state index is 13.3. The lowest BCUT2D eigenvalue weighted by Gasteiger charge is -2.39. The third-order valence-electron chi connectivity index (χ3n) is 4.73. The van der Waals surface area contributed by atoms with Gasteiger partial charge in [0.05, 0.1) is 12.8 Å². The molecule has 2 aromatic heterocycles. The van der Waals surface area contributed by atoms with Crippen LogP contribution in [-0.4, -0.2) is 47.7 Å². The molecule has 1 aliphatic heterocycles. The third kappa shape index (κ3) is 3.35.